The van der Waals surface area contributed by atoms with E-state index in [9.17, 15) is 26.4 Å². The molecule has 0 radical (unpaired) electrons. The quantitative estimate of drug-likeness (QED) is 0.409. The monoisotopic (exact) mass is 536 g/mol. The summed E-state index contributed by atoms with van der Waals surface area (Å²) in [4.78, 5) is 16.1. The highest BCUT2D eigenvalue weighted by molar-refractivity contribution is 7.89. The molecule has 1 aliphatic rings. The number of thiophene rings is 1. The van der Waals surface area contributed by atoms with Gasteiger partial charge in [0.25, 0.3) is 0 Å². The summed E-state index contributed by atoms with van der Waals surface area (Å²) in [6.07, 6.45) is -4.03. The van der Waals surface area contributed by atoms with Crippen molar-refractivity contribution in [3.63, 3.8) is 0 Å². The number of hydrogen-bond acceptors (Lipinski definition) is 4. The summed E-state index contributed by atoms with van der Waals surface area (Å²) < 4.78 is 67.5. The molecule has 0 aliphatic carbocycles. The maximum absolute atomic E-state index is 13.7. The molecule has 1 atom stereocenters. The number of carbonyl (C=O) groups is 1. The van der Waals surface area contributed by atoms with E-state index in [1.807, 2.05) is 42.6 Å². The zero-order valence-corrected chi connectivity index (χ0v) is 21.8. The largest absolute Gasteiger partial charge is 0.416 e. The van der Waals surface area contributed by atoms with Crippen LogP contribution in [0.5, 0.6) is 0 Å². The van der Waals surface area contributed by atoms with Gasteiger partial charge in [-0.25, -0.2) is 8.42 Å². The van der Waals surface area contributed by atoms with E-state index >= 15 is 0 Å². The Hall–Kier alpha value is -2.69. The second-order valence-electron chi connectivity index (χ2n) is 9.06. The number of fused-ring (bicyclic) bond motifs is 1. The Kier molecular flexibility index (Phi) is 7.32. The Morgan fingerprint density at radius 2 is 1.83 bits per heavy atom. The maximum atomic E-state index is 13.7. The Labute approximate surface area is 213 Å². The first kappa shape index (κ1) is 26.4. The van der Waals surface area contributed by atoms with E-state index in [2.05, 4.69) is 0 Å². The molecule has 10 heteroatoms. The van der Waals surface area contributed by atoms with Gasteiger partial charge in [-0.1, -0.05) is 30.3 Å². The van der Waals surface area contributed by atoms with Crippen molar-refractivity contribution >= 4 is 27.3 Å². The fourth-order valence-electron chi connectivity index (χ4n) is 4.55. The van der Waals surface area contributed by atoms with Gasteiger partial charge in [-0.15, -0.1) is 11.3 Å². The predicted molar refractivity (Wildman–Crippen MR) is 133 cm³/mol. The number of rotatable bonds is 6. The molecular formula is C26H27F3N2O3S2. The minimum Gasteiger partial charge on any atom is -0.330 e. The van der Waals surface area contributed by atoms with E-state index in [1.54, 1.807) is 30.1 Å². The van der Waals surface area contributed by atoms with Crippen LogP contribution in [0.25, 0.3) is 0 Å². The molecule has 4 rings (SSSR count). The van der Waals surface area contributed by atoms with Crippen LogP contribution in [0.3, 0.4) is 0 Å². The van der Waals surface area contributed by atoms with Crippen molar-refractivity contribution in [3.05, 3.63) is 87.1 Å². The molecule has 1 aromatic heterocycles. The normalized spacial score (nSPS) is 16.4. The number of nitrogens with zero attached hydrogens (tertiary/aromatic N) is 2. The molecule has 0 saturated heterocycles. The van der Waals surface area contributed by atoms with Gasteiger partial charge >= 0.3 is 6.18 Å². The first-order valence-corrected chi connectivity index (χ1v) is 13.8. The fraction of sp³-hybridized carbons (Fsp3) is 0.346. The molecule has 1 unspecified atom stereocenters. The number of benzene rings is 2. The molecule has 3 aromatic rings. The second-order valence-corrected chi connectivity index (χ2v) is 12.0. The van der Waals surface area contributed by atoms with Crippen LogP contribution in [0.2, 0.25) is 0 Å². The Bertz CT molecular complexity index is 1370. The topological polar surface area (TPSA) is 57.7 Å². The van der Waals surface area contributed by atoms with Crippen LogP contribution in [0.1, 0.15) is 47.0 Å². The van der Waals surface area contributed by atoms with Crippen molar-refractivity contribution in [3.8, 4) is 0 Å². The summed E-state index contributed by atoms with van der Waals surface area (Å²) >= 11 is 1.63. The first-order chi connectivity index (χ1) is 16.9. The zero-order valence-electron chi connectivity index (χ0n) is 20.1. The molecule has 0 fully saturated rings. The minimum atomic E-state index is -4.68. The zero-order chi connectivity index (χ0) is 26.3. The van der Waals surface area contributed by atoms with Gasteiger partial charge in [0.15, 0.2) is 0 Å². The van der Waals surface area contributed by atoms with E-state index in [4.69, 9.17) is 0 Å². The summed E-state index contributed by atoms with van der Waals surface area (Å²) in [6, 6.07) is 12.4. The third-order valence-electron chi connectivity index (χ3n) is 6.40. The smallest absolute Gasteiger partial charge is 0.330 e. The second kappa shape index (κ2) is 9.99. The van der Waals surface area contributed by atoms with Gasteiger partial charge in [0.2, 0.25) is 15.9 Å². The van der Waals surface area contributed by atoms with E-state index in [0.29, 0.717) is 19.0 Å². The maximum Gasteiger partial charge on any atom is 0.416 e. The number of sulfonamides is 1. The minimum absolute atomic E-state index is 0.362. The molecule has 192 valence electrons. The lowest BCUT2D eigenvalue weighted by molar-refractivity contribution is -0.137. The van der Waals surface area contributed by atoms with Gasteiger partial charge in [-0.05, 0) is 73.5 Å². The third-order valence-corrected chi connectivity index (χ3v) is 9.42. The lowest BCUT2D eigenvalue weighted by atomic mass is 9.90. The predicted octanol–water partition coefficient (Wildman–Crippen LogP) is 5.65. The van der Waals surface area contributed by atoms with Crippen molar-refractivity contribution < 1.29 is 26.4 Å². The van der Waals surface area contributed by atoms with Gasteiger partial charge in [-0.2, -0.15) is 17.5 Å². The highest BCUT2D eigenvalue weighted by Crippen LogP contribution is 2.39. The van der Waals surface area contributed by atoms with E-state index in [-0.39, 0.29) is 6.04 Å². The van der Waals surface area contributed by atoms with Gasteiger partial charge in [-0.3, -0.25) is 4.79 Å². The first-order valence-electron chi connectivity index (χ1n) is 11.5. The number of hydrogen-bond donors (Lipinski definition) is 0. The highest BCUT2D eigenvalue weighted by Gasteiger charge is 2.38. The van der Waals surface area contributed by atoms with Crippen LogP contribution in [0, 0.1) is 6.92 Å². The van der Waals surface area contributed by atoms with E-state index in [0.717, 1.165) is 39.2 Å². The van der Waals surface area contributed by atoms with Crippen molar-refractivity contribution in [2.24, 2.45) is 0 Å². The fourth-order valence-corrected chi connectivity index (χ4v) is 7.09. The van der Waals surface area contributed by atoms with Crippen molar-refractivity contribution in [2.75, 3.05) is 13.1 Å². The molecule has 36 heavy (non-hydrogen) atoms. The van der Waals surface area contributed by atoms with Crippen LogP contribution < -0.4 is 0 Å². The molecule has 2 aromatic carbocycles. The van der Waals surface area contributed by atoms with Gasteiger partial charge in [0, 0.05) is 17.5 Å². The summed E-state index contributed by atoms with van der Waals surface area (Å²) in [5.41, 5.74) is 1.93. The number of halogens is 3. The highest BCUT2D eigenvalue weighted by atomic mass is 32.2. The molecule has 1 aliphatic heterocycles. The molecule has 0 spiro atoms. The van der Waals surface area contributed by atoms with Gasteiger partial charge in [0.1, 0.15) is 0 Å². The SMILES string of the molecule is Cc1ccccc1C1c2ccsc2CCN1C(=O)CN(C(C)C)S(=O)(=O)c1cccc(C(F)(F)F)c1. The molecule has 0 N–H and O–H groups in total. The number of carbonyl (C=O) groups excluding carboxylic acids is 1. The lowest BCUT2D eigenvalue weighted by Gasteiger charge is -2.38. The average molecular weight is 537 g/mol. The summed E-state index contributed by atoms with van der Waals surface area (Å²) in [6.45, 7) is 5.12. The van der Waals surface area contributed by atoms with Crippen LogP contribution in [-0.4, -0.2) is 42.7 Å². The van der Waals surface area contributed by atoms with Crippen LogP contribution >= 0.6 is 11.3 Å². The van der Waals surface area contributed by atoms with Gasteiger partial charge in [0.05, 0.1) is 23.0 Å². The molecule has 0 bridgehead atoms. The van der Waals surface area contributed by atoms with Gasteiger partial charge < -0.3 is 4.90 Å². The molecular weight excluding hydrogens is 509 g/mol. The van der Waals surface area contributed by atoms with E-state index < -0.39 is 45.2 Å². The number of amides is 1. The molecule has 1 amide bonds. The molecule has 0 saturated carbocycles. The van der Waals surface area contributed by atoms with Crippen LogP contribution in [-0.2, 0) is 27.4 Å². The van der Waals surface area contributed by atoms with E-state index in [1.165, 1.54) is 4.88 Å². The number of alkyl halides is 3. The van der Waals surface area contributed by atoms with Crippen LogP contribution in [0.15, 0.2) is 64.9 Å². The number of aryl methyl sites for hydroxylation is 1. The summed E-state index contributed by atoms with van der Waals surface area (Å²) in [7, 11) is -4.37. The standard InChI is InChI=1S/C26H27F3N2O3S2/c1-17(2)31(36(33,34)20-9-6-8-19(15-20)26(27,28)29)16-24(32)30-13-11-23-22(12-14-35-23)25(30)21-10-5-4-7-18(21)3/h4-10,12,14-15,17,25H,11,13,16H2,1-3H3. The van der Waals surface area contributed by atoms with Crippen LogP contribution in [0.4, 0.5) is 13.2 Å². The summed E-state index contributed by atoms with van der Waals surface area (Å²) in [5.74, 6) is -0.399. The average Bonchev–Trinajstić information content (AvgIpc) is 3.30. The Morgan fingerprint density at radius 3 is 2.50 bits per heavy atom. The summed E-state index contributed by atoms with van der Waals surface area (Å²) in [5, 5.41) is 1.99. The molecule has 2 heterocycles. The Balaban J connectivity index is 1.69. The molecule has 5 nitrogen and oxygen atoms in total. The Morgan fingerprint density at radius 1 is 1.11 bits per heavy atom. The van der Waals surface area contributed by atoms with Crippen molar-refractivity contribution in [2.45, 2.75) is 50.3 Å². The lowest BCUT2D eigenvalue weighted by Crippen LogP contribution is -2.48. The third kappa shape index (κ3) is 5.07. The van der Waals surface area contributed by atoms with Crippen molar-refractivity contribution in [1.29, 1.82) is 0 Å². The van der Waals surface area contributed by atoms with Crippen molar-refractivity contribution in [1.82, 2.24) is 9.21 Å².